The number of aliphatic imine (C=N–C) groups is 1. The molecular formula is C20H32N4O3. The molecule has 7 heteroatoms. The topological polar surface area (TPSA) is 75.2 Å². The van der Waals surface area contributed by atoms with Crippen LogP contribution in [0.4, 0.5) is 0 Å². The summed E-state index contributed by atoms with van der Waals surface area (Å²) in [4.78, 5) is 18.0. The average Bonchev–Trinajstić information content (AvgIpc) is 3.17. The van der Waals surface area contributed by atoms with E-state index < -0.39 is 0 Å². The lowest BCUT2D eigenvalue weighted by Gasteiger charge is -2.18. The third kappa shape index (κ3) is 6.05. The van der Waals surface area contributed by atoms with Gasteiger partial charge in [0.05, 0.1) is 14.2 Å². The third-order valence-corrected chi connectivity index (χ3v) is 4.79. The molecule has 1 aliphatic heterocycles. The molecular weight excluding hydrogens is 344 g/mol. The molecule has 1 fully saturated rings. The quantitative estimate of drug-likeness (QED) is 0.411. The van der Waals surface area contributed by atoms with Crippen LogP contribution in [-0.4, -0.2) is 63.7 Å². The van der Waals surface area contributed by atoms with Crippen molar-refractivity contribution in [3.05, 3.63) is 23.8 Å². The van der Waals surface area contributed by atoms with Crippen molar-refractivity contribution >= 4 is 11.9 Å². The Kier molecular flexibility index (Phi) is 8.23. The van der Waals surface area contributed by atoms with Crippen molar-refractivity contribution < 1.29 is 14.3 Å². The standard InChI is InChI=1S/C20H32N4O3/c1-5-19(25)24-12-10-16(14-24)23-20(21-2)22-11-6-7-15-8-9-17(26-3)18(13-15)27-4/h8-9,13,16H,5-7,10-12,14H2,1-4H3,(H2,21,22,23). The van der Waals surface area contributed by atoms with Gasteiger partial charge in [0.2, 0.25) is 5.91 Å². The Labute approximate surface area is 162 Å². The van der Waals surface area contributed by atoms with Gasteiger partial charge in [-0.3, -0.25) is 9.79 Å². The maximum Gasteiger partial charge on any atom is 0.222 e. The number of hydrogen-bond acceptors (Lipinski definition) is 4. The van der Waals surface area contributed by atoms with Crippen LogP contribution in [0.3, 0.4) is 0 Å². The summed E-state index contributed by atoms with van der Waals surface area (Å²) in [6.07, 6.45) is 3.43. The molecule has 0 aliphatic carbocycles. The first-order valence-corrected chi connectivity index (χ1v) is 9.57. The number of nitrogens with zero attached hydrogens (tertiary/aromatic N) is 2. The predicted molar refractivity (Wildman–Crippen MR) is 108 cm³/mol. The molecule has 1 aromatic rings. The fourth-order valence-electron chi connectivity index (χ4n) is 3.25. The molecule has 1 saturated heterocycles. The van der Waals surface area contributed by atoms with Crippen LogP contribution in [0.5, 0.6) is 11.5 Å². The average molecular weight is 377 g/mol. The highest BCUT2D eigenvalue weighted by molar-refractivity contribution is 5.80. The largest absolute Gasteiger partial charge is 0.493 e. The van der Waals surface area contributed by atoms with Crippen LogP contribution < -0.4 is 20.1 Å². The molecule has 27 heavy (non-hydrogen) atoms. The van der Waals surface area contributed by atoms with Crippen molar-refractivity contribution in [3.63, 3.8) is 0 Å². The number of nitrogens with one attached hydrogen (secondary N) is 2. The van der Waals surface area contributed by atoms with Crippen LogP contribution in [0.1, 0.15) is 31.7 Å². The van der Waals surface area contributed by atoms with Gasteiger partial charge < -0.3 is 25.0 Å². The smallest absolute Gasteiger partial charge is 0.222 e. The lowest BCUT2D eigenvalue weighted by atomic mass is 10.1. The van der Waals surface area contributed by atoms with Gasteiger partial charge in [-0.1, -0.05) is 13.0 Å². The van der Waals surface area contributed by atoms with E-state index in [2.05, 4.69) is 21.7 Å². The minimum absolute atomic E-state index is 0.220. The van der Waals surface area contributed by atoms with Crippen molar-refractivity contribution in [2.24, 2.45) is 4.99 Å². The lowest BCUT2D eigenvalue weighted by Crippen LogP contribution is -2.45. The highest BCUT2D eigenvalue weighted by Gasteiger charge is 2.25. The molecule has 2 rings (SSSR count). The number of aryl methyl sites for hydroxylation is 1. The number of likely N-dealkylation sites (tertiary alicyclic amines) is 1. The van der Waals surface area contributed by atoms with E-state index in [4.69, 9.17) is 9.47 Å². The van der Waals surface area contributed by atoms with Gasteiger partial charge in [-0.25, -0.2) is 0 Å². The summed E-state index contributed by atoms with van der Waals surface area (Å²) in [7, 11) is 5.06. The van der Waals surface area contributed by atoms with Gasteiger partial charge in [-0.15, -0.1) is 0 Å². The zero-order valence-corrected chi connectivity index (χ0v) is 16.9. The Morgan fingerprint density at radius 1 is 1.30 bits per heavy atom. The van der Waals surface area contributed by atoms with Gasteiger partial charge in [0.1, 0.15) is 0 Å². The first-order chi connectivity index (χ1) is 13.1. The summed E-state index contributed by atoms with van der Waals surface area (Å²) in [5, 5.41) is 6.77. The zero-order valence-electron chi connectivity index (χ0n) is 16.9. The van der Waals surface area contributed by atoms with Crippen LogP contribution in [0.2, 0.25) is 0 Å². The molecule has 1 aliphatic rings. The minimum atomic E-state index is 0.220. The minimum Gasteiger partial charge on any atom is -0.493 e. The van der Waals surface area contributed by atoms with E-state index in [9.17, 15) is 4.79 Å². The highest BCUT2D eigenvalue weighted by atomic mass is 16.5. The molecule has 2 N–H and O–H groups in total. The summed E-state index contributed by atoms with van der Waals surface area (Å²) in [5.74, 6) is 2.51. The van der Waals surface area contributed by atoms with Crippen molar-refractivity contribution in [1.29, 1.82) is 0 Å². The summed E-state index contributed by atoms with van der Waals surface area (Å²) >= 11 is 0. The third-order valence-electron chi connectivity index (χ3n) is 4.79. The Hall–Kier alpha value is -2.44. The molecule has 1 atom stereocenters. The second kappa shape index (κ2) is 10.6. The van der Waals surface area contributed by atoms with Gasteiger partial charge in [0.15, 0.2) is 17.5 Å². The highest BCUT2D eigenvalue weighted by Crippen LogP contribution is 2.27. The van der Waals surface area contributed by atoms with E-state index in [0.717, 1.165) is 56.4 Å². The van der Waals surface area contributed by atoms with E-state index in [0.29, 0.717) is 6.42 Å². The maximum absolute atomic E-state index is 11.8. The molecule has 0 aromatic heterocycles. The molecule has 150 valence electrons. The molecule has 1 heterocycles. The van der Waals surface area contributed by atoms with Gasteiger partial charge in [0, 0.05) is 39.1 Å². The van der Waals surface area contributed by atoms with Gasteiger partial charge in [-0.2, -0.15) is 0 Å². The molecule has 1 aromatic carbocycles. The Morgan fingerprint density at radius 2 is 2.07 bits per heavy atom. The van der Waals surface area contributed by atoms with E-state index in [-0.39, 0.29) is 11.9 Å². The first kappa shape index (κ1) is 20.9. The van der Waals surface area contributed by atoms with Crippen LogP contribution in [0, 0.1) is 0 Å². The molecule has 0 bridgehead atoms. The summed E-state index contributed by atoms with van der Waals surface area (Å²) in [6.45, 7) is 4.29. The van der Waals surface area contributed by atoms with Gasteiger partial charge in [-0.05, 0) is 37.0 Å². The van der Waals surface area contributed by atoms with Crippen LogP contribution in [-0.2, 0) is 11.2 Å². The predicted octanol–water partition coefficient (Wildman–Crippen LogP) is 1.81. The fourth-order valence-corrected chi connectivity index (χ4v) is 3.25. The molecule has 1 unspecified atom stereocenters. The van der Waals surface area contributed by atoms with E-state index in [1.807, 2.05) is 24.0 Å². The molecule has 1 amide bonds. The summed E-state index contributed by atoms with van der Waals surface area (Å²) in [5.41, 5.74) is 1.21. The van der Waals surface area contributed by atoms with Crippen LogP contribution in [0.25, 0.3) is 0 Å². The van der Waals surface area contributed by atoms with Crippen LogP contribution >= 0.6 is 0 Å². The SMILES string of the molecule is CCC(=O)N1CCC(NC(=NC)NCCCc2ccc(OC)c(OC)c2)C1. The maximum atomic E-state index is 11.8. The van der Waals surface area contributed by atoms with Crippen molar-refractivity contribution in [2.75, 3.05) is 40.9 Å². The number of ether oxygens (including phenoxy) is 2. The first-order valence-electron chi connectivity index (χ1n) is 9.57. The number of guanidine groups is 1. The lowest BCUT2D eigenvalue weighted by molar-refractivity contribution is -0.129. The van der Waals surface area contributed by atoms with Crippen molar-refractivity contribution in [2.45, 2.75) is 38.6 Å². The normalized spacial score (nSPS) is 17.0. The Bertz CT molecular complexity index is 648. The van der Waals surface area contributed by atoms with E-state index >= 15 is 0 Å². The Morgan fingerprint density at radius 3 is 2.74 bits per heavy atom. The Balaban J connectivity index is 1.73. The zero-order chi connectivity index (χ0) is 19.6. The number of benzene rings is 1. The number of methoxy groups -OCH3 is 2. The number of rotatable bonds is 8. The van der Waals surface area contributed by atoms with E-state index in [1.165, 1.54) is 5.56 Å². The number of hydrogen-bond donors (Lipinski definition) is 2. The second-order valence-electron chi connectivity index (χ2n) is 6.62. The molecule has 7 nitrogen and oxygen atoms in total. The fraction of sp³-hybridized carbons (Fsp3) is 0.600. The van der Waals surface area contributed by atoms with Crippen molar-refractivity contribution in [3.8, 4) is 11.5 Å². The van der Waals surface area contributed by atoms with Crippen LogP contribution in [0.15, 0.2) is 23.2 Å². The number of carbonyl (C=O) groups excluding carboxylic acids is 1. The van der Waals surface area contributed by atoms with Gasteiger partial charge >= 0.3 is 0 Å². The summed E-state index contributed by atoms with van der Waals surface area (Å²) < 4.78 is 10.6. The monoisotopic (exact) mass is 376 g/mol. The number of amides is 1. The molecule has 0 spiro atoms. The van der Waals surface area contributed by atoms with E-state index in [1.54, 1.807) is 21.3 Å². The second-order valence-corrected chi connectivity index (χ2v) is 6.62. The summed E-state index contributed by atoms with van der Waals surface area (Å²) in [6, 6.07) is 6.28. The molecule has 0 radical (unpaired) electrons. The van der Waals surface area contributed by atoms with Gasteiger partial charge in [0.25, 0.3) is 0 Å². The van der Waals surface area contributed by atoms with Crippen molar-refractivity contribution in [1.82, 2.24) is 15.5 Å². The number of carbonyl (C=O) groups is 1. The molecule has 0 saturated carbocycles.